The van der Waals surface area contributed by atoms with Gasteiger partial charge in [-0.1, -0.05) is 30.3 Å². The lowest BCUT2D eigenvalue weighted by Gasteiger charge is -2.30. The average molecular weight is 484 g/mol. The van der Waals surface area contributed by atoms with E-state index in [0.29, 0.717) is 29.0 Å². The predicted molar refractivity (Wildman–Crippen MR) is 123 cm³/mol. The zero-order chi connectivity index (χ0) is 24.6. The standard InChI is InChI=1S/C21H20N6O6S/c1-24(2)21-16-13-25(11-10-17(16)22-20(23-21)14-6-4-3-5-7-14)34(32,33)19-9-8-15(26(28)29)12-18(19)27(30)31/h3-9,12H,10-11,13H2,1-2H3. The Kier molecular flexibility index (Phi) is 5.98. The van der Waals surface area contributed by atoms with Crippen molar-refractivity contribution in [2.24, 2.45) is 0 Å². The normalized spacial score (nSPS) is 13.8. The average Bonchev–Trinajstić information content (AvgIpc) is 2.82. The smallest absolute Gasteiger partial charge is 0.296 e. The van der Waals surface area contributed by atoms with Gasteiger partial charge in [-0.05, 0) is 6.07 Å². The van der Waals surface area contributed by atoms with Crippen LogP contribution < -0.4 is 4.90 Å². The monoisotopic (exact) mass is 484 g/mol. The number of nitro groups is 2. The van der Waals surface area contributed by atoms with Gasteiger partial charge in [-0.25, -0.2) is 18.4 Å². The Balaban J connectivity index is 1.76. The van der Waals surface area contributed by atoms with Gasteiger partial charge in [0.1, 0.15) is 5.82 Å². The highest BCUT2D eigenvalue weighted by Gasteiger charge is 2.36. The zero-order valence-corrected chi connectivity index (χ0v) is 19.1. The molecule has 0 aliphatic carbocycles. The van der Waals surface area contributed by atoms with Crippen molar-refractivity contribution in [1.82, 2.24) is 14.3 Å². The second kappa shape index (κ2) is 8.76. The van der Waals surface area contributed by atoms with Crippen molar-refractivity contribution in [1.29, 1.82) is 0 Å². The van der Waals surface area contributed by atoms with Gasteiger partial charge in [0.15, 0.2) is 10.7 Å². The SMILES string of the molecule is CN(C)c1nc(-c2ccccc2)nc2c1CN(S(=O)(=O)c1ccc([N+](=O)[O-])cc1[N+](=O)[O-])CC2. The number of hydrogen-bond acceptors (Lipinski definition) is 9. The van der Waals surface area contributed by atoms with E-state index >= 15 is 0 Å². The van der Waals surface area contributed by atoms with Gasteiger partial charge < -0.3 is 4.90 Å². The van der Waals surface area contributed by atoms with Crippen molar-refractivity contribution in [3.05, 3.63) is 80.0 Å². The van der Waals surface area contributed by atoms with Crippen LogP contribution >= 0.6 is 0 Å². The highest BCUT2D eigenvalue weighted by Crippen LogP contribution is 2.35. The lowest BCUT2D eigenvalue weighted by Crippen LogP contribution is -2.37. The number of rotatable bonds is 6. The van der Waals surface area contributed by atoms with E-state index in [1.54, 1.807) is 19.0 Å². The fourth-order valence-electron chi connectivity index (χ4n) is 3.78. The van der Waals surface area contributed by atoms with E-state index in [9.17, 15) is 28.6 Å². The van der Waals surface area contributed by atoms with Gasteiger partial charge >= 0.3 is 0 Å². The van der Waals surface area contributed by atoms with Gasteiger partial charge in [-0.3, -0.25) is 20.2 Å². The minimum atomic E-state index is -4.33. The molecule has 1 aromatic heterocycles. The maximum absolute atomic E-state index is 13.4. The van der Waals surface area contributed by atoms with E-state index in [0.717, 1.165) is 22.0 Å². The molecule has 13 heteroatoms. The summed E-state index contributed by atoms with van der Waals surface area (Å²) in [4.78, 5) is 31.2. The summed E-state index contributed by atoms with van der Waals surface area (Å²) in [6, 6.07) is 11.9. The van der Waals surface area contributed by atoms with Gasteiger partial charge in [0.05, 0.1) is 21.6 Å². The molecule has 34 heavy (non-hydrogen) atoms. The summed E-state index contributed by atoms with van der Waals surface area (Å²) in [6.45, 7) is -0.0457. The number of aromatic nitrogens is 2. The van der Waals surface area contributed by atoms with Crippen LogP contribution in [0.1, 0.15) is 11.3 Å². The molecule has 0 spiro atoms. The largest absolute Gasteiger partial charge is 0.362 e. The van der Waals surface area contributed by atoms with Crippen LogP contribution in [0.5, 0.6) is 0 Å². The van der Waals surface area contributed by atoms with Crippen LogP contribution in [0, 0.1) is 20.2 Å². The van der Waals surface area contributed by atoms with Crippen molar-refractivity contribution in [2.75, 3.05) is 25.5 Å². The Morgan fingerprint density at radius 2 is 1.71 bits per heavy atom. The van der Waals surface area contributed by atoms with Crippen LogP contribution in [0.15, 0.2) is 53.4 Å². The first-order valence-electron chi connectivity index (χ1n) is 10.1. The van der Waals surface area contributed by atoms with Crippen molar-refractivity contribution >= 4 is 27.2 Å². The molecule has 3 aromatic rings. The Morgan fingerprint density at radius 1 is 1.00 bits per heavy atom. The topological polar surface area (TPSA) is 153 Å². The molecule has 0 unspecified atom stereocenters. The number of anilines is 1. The third-order valence-corrected chi connectivity index (χ3v) is 7.32. The summed E-state index contributed by atoms with van der Waals surface area (Å²) in [7, 11) is -0.765. The summed E-state index contributed by atoms with van der Waals surface area (Å²) in [5.41, 5.74) is 0.714. The van der Waals surface area contributed by atoms with Crippen molar-refractivity contribution < 1.29 is 18.3 Å². The molecule has 176 valence electrons. The third kappa shape index (κ3) is 4.18. The van der Waals surface area contributed by atoms with Gasteiger partial charge in [-0.2, -0.15) is 4.31 Å². The van der Waals surface area contributed by atoms with Crippen molar-refractivity contribution in [3.8, 4) is 11.4 Å². The molecule has 12 nitrogen and oxygen atoms in total. The molecule has 0 saturated carbocycles. The minimum absolute atomic E-state index is 0.0432. The lowest BCUT2D eigenvalue weighted by atomic mass is 10.1. The molecule has 2 aromatic carbocycles. The molecule has 0 amide bonds. The highest BCUT2D eigenvalue weighted by molar-refractivity contribution is 7.89. The number of fused-ring (bicyclic) bond motifs is 1. The summed E-state index contributed by atoms with van der Waals surface area (Å²) in [6.07, 6.45) is 0.276. The zero-order valence-electron chi connectivity index (χ0n) is 18.3. The Morgan fingerprint density at radius 3 is 2.32 bits per heavy atom. The molecule has 1 aliphatic heterocycles. The van der Waals surface area contributed by atoms with Crippen LogP contribution in [0.25, 0.3) is 11.4 Å². The Labute approximate surface area is 194 Å². The number of nitrogens with zero attached hydrogens (tertiary/aromatic N) is 6. The molecular formula is C21H20N6O6S. The molecule has 0 atom stereocenters. The summed E-state index contributed by atoms with van der Waals surface area (Å²) in [5, 5.41) is 22.5. The number of benzene rings is 2. The maximum atomic E-state index is 13.4. The number of sulfonamides is 1. The molecule has 0 N–H and O–H groups in total. The number of hydrogen-bond donors (Lipinski definition) is 0. The van der Waals surface area contributed by atoms with E-state index in [2.05, 4.69) is 9.97 Å². The first kappa shape index (κ1) is 23.2. The fourth-order valence-corrected chi connectivity index (χ4v) is 5.33. The van der Waals surface area contributed by atoms with Crippen LogP contribution in [0.4, 0.5) is 17.2 Å². The highest BCUT2D eigenvalue weighted by atomic mass is 32.2. The first-order chi connectivity index (χ1) is 16.1. The predicted octanol–water partition coefficient (Wildman–Crippen LogP) is 2.77. The van der Waals surface area contributed by atoms with Crippen molar-refractivity contribution in [2.45, 2.75) is 17.9 Å². The molecule has 0 bridgehead atoms. The van der Waals surface area contributed by atoms with Crippen LogP contribution in [-0.4, -0.2) is 53.2 Å². The lowest BCUT2D eigenvalue weighted by molar-refractivity contribution is -0.396. The third-order valence-electron chi connectivity index (χ3n) is 5.43. The number of non-ortho nitro benzene ring substituents is 1. The van der Waals surface area contributed by atoms with Crippen LogP contribution in [-0.2, 0) is 23.0 Å². The second-order valence-electron chi connectivity index (χ2n) is 7.81. The molecule has 0 fully saturated rings. The van der Waals surface area contributed by atoms with Crippen LogP contribution in [0.2, 0.25) is 0 Å². The quantitative estimate of drug-likeness (QED) is 0.379. The van der Waals surface area contributed by atoms with Gasteiger partial charge in [0.25, 0.3) is 11.4 Å². The first-order valence-corrected chi connectivity index (χ1v) is 11.6. The van der Waals surface area contributed by atoms with Crippen LogP contribution in [0.3, 0.4) is 0 Å². The molecular weight excluding hydrogens is 464 g/mol. The van der Waals surface area contributed by atoms with E-state index in [1.807, 2.05) is 30.3 Å². The molecule has 2 heterocycles. The van der Waals surface area contributed by atoms with E-state index < -0.39 is 36.1 Å². The van der Waals surface area contributed by atoms with Gasteiger partial charge in [-0.15, -0.1) is 0 Å². The van der Waals surface area contributed by atoms with E-state index in [-0.39, 0.29) is 19.5 Å². The molecule has 0 saturated heterocycles. The molecule has 4 rings (SSSR count). The fraction of sp³-hybridized carbons (Fsp3) is 0.238. The maximum Gasteiger partial charge on any atom is 0.296 e. The molecule has 0 radical (unpaired) electrons. The Bertz CT molecular complexity index is 1390. The second-order valence-corrected chi connectivity index (χ2v) is 9.72. The summed E-state index contributed by atoms with van der Waals surface area (Å²) < 4.78 is 27.9. The van der Waals surface area contributed by atoms with Crippen molar-refractivity contribution in [3.63, 3.8) is 0 Å². The van der Waals surface area contributed by atoms with Gasteiger partial charge in [0.2, 0.25) is 10.0 Å². The van der Waals surface area contributed by atoms with E-state index in [4.69, 9.17) is 0 Å². The summed E-state index contributed by atoms with van der Waals surface area (Å²) >= 11 is 0. The summed E-state index contributed by atoms with van der Waals surface area (Å²) in [5.74, 6) is 1.06. The Hall–Kier alpha value is -3.97. The van der Waals surface area contributed by atoms with Gasteiger partial charge in [0, 0.05) is 50.8 Å². The van der Waals surface area contributed by atoms with E-state index in [1.165, 1.54) is 0 Å². The number of nitro benzene ring substituents is 2. The minimum Gasteiger partial charge on any atom is -0.362 e. The molecule has 1 aliphatic rings.